The largest absolute Gasteiger partial charge is 0.457 e. The minimum atomic E-state index is -0.118. The number of nitrogens with zero attached hydrogens (tertiary/aromatic N) is 4. The van der Waals surface area contributed by atoms with Crippen molar-refractivity contribution in [3.63, 3.8) is 0 Å². The predicted octanol–water partition coefficient (Wildman–Crippen LogP) is 5.47. The van der Waals surface area contributed by atoms with E-state index in [9.17, 15) is 4.79 Å². The maximum atomic E-state index is 12.7. The van der Waals surface area contributed by atoms with Gasteiger partial charge in [-0.15, -0.1) is 5.10 Å². The number of ether oxygens (including phenoxy) is 2. The molecule has 1 fully saturated rings. The van der Waals surface area contributed by atoms with E-state index in [1.807, 2.05) is 91.1 Å². The molecule has 1 amide bonds. The fraction of sp³-hybridized carbons (Fsp3) is 0.433. The summed E-state index contributed by atoms with van der Waals surface area (Å²) in [4.78, 5) is 14.6. The van der Waals surface area contributed by atoms with Crippen LogP contribution in [-0.2, 0) is 9.53 Å². The normalized spacial score (nSPS) is 18.5. The van der Waals surface area contributed by atoms with Crippen molar-refractivity contribution in [3.8, 4) is 23.3 Å². The van der Waals surface area contributed by atoms with E-state index in [2.05, 4.69) is 29.1 Å². The van der Waals surface area contributed by atoms with Gasteiger partial charge in [-0.05, 0) is 82.4 Å². The van der Waals surface area contributed by atoms with Crippen molar-refractivity contribution >= 4 is 5.91 Å². The van der Waals surface area contributed by atoms with E-state index in [4.69, 9.17) is 9.47 Å². The lowest BCUT2D eigenvalue weighted by molar-refractivity contribution is -0.139. The molecule has 0 aliphatic carbocycles. The highest BCUT2D eigenvalue weighted by molar-refractivity contribution is 5.79. The average molecular weight is 501 g/mol. The molecule has 194 valence electrons. The summed E-state index contributed by atoms with van der Waals surface area (Å²) < 4.78 is 14.0. The molecular weight excluding hydrogens is 464 g/mol. The Hall–Kier alpha value is -3.63. The Labute approximate surface area is 219 Å². The van der Waals surface area contributed by atoms with E-state index >= 15 is 0 Å². The molecule has 0 radical (unpaired) electrons. The summed E-state index contributed by atoms with van der Waals surface area (Å²) >= 11 is 0. The lowest BCUT2D eigenvalue weighted by Crippen LogP contribution is -2.39. The second-order valence-corrected chi connectivity index (χ2v) is 9.53. The minimum absolute atomic E-state index is 0.0213. The number of para-hydroxylation sites is 1. The molecule has 4 rings (SSSR count). The second kappa shape index (κ2) is 12.6. The van der Waals surface area contributed by atoms with E-state index in [1.54, 1.807) is 0 Å². The van der Waals surface area contributed by atoms with Crippen molar-refractivity contribution in [2.45, 2.75) is 65.2 Å². The summed E-state index contributed by atoms with van der Waals surface area (Å²) in [5.41, 5.74) is 1.50. The lowest BCUT2D eigenvalue weighted by Gasteiger charge is -2.26. The molecule has 7 nitrogen and oxygen atoms in total. The van der Waals surface area contributed by atoms with Gasteiger partial charge in [0.25, 0.3) is 0 Å². The van der Waals surface area contributed by atoms with Crippen LogP contribution in [0.5, 0.6) is 11.5 Å². The molecule has 1 aliphatic rings. The predicted molar refractivity (Wildman–Crippen MR) is 143 cm³/mol. The lowest BCUT2D eigenvalue weighted by atomic mass is 9.99. The van der Waals surface area contributed by atoms with Crippen molar-refractivity contribution in [2.24, 2.45) is 5.92 Å². The van der Waals surface area contributed by atoms with Crippen LogP contribution in [0.3, 0.4) is 0 Å². The molecule has 0 N–H and O–H groups in total. The Morgan fingerprint density at radius 2 is 1.76 bits per heavy atom. The van der Waals surface area contributed by atoms with E-state index in [0.29, 0.717) is 5.69 Å². The van der Waals surface area contributed by atoms with Gasteiger partial charge in [-0.1, -0.05) is 36.3 Å². The Kier molecular flexibility index (Phi) is 8.97. The molecule has 0 saturated carbocycles. The third-order valence-electron chi connectivity index (χ3n) is 6.90. The molecule has 4 atom stereocenters. The van der Waals surface area contributed by atoms with Crippen LogP contribution in [-0.4, -0.2) is 51.1 Å². The smallest absolute Gasteiger partial charge is 0.228 e. The van der Waals surface area contributed by atoms with Crippen LogP contribution in [0.15, 0.2) is 60.8 Å². The molecule has 3 aromatic rings. The Bertz CT molecular complexity index is 1210. The summed E-state index contributed by atoms with van der Waals surface area (Å²) in [6.07, 6.45) is 4.66. The van der Waals surface area contributed by atoms with Gasteiger partial charge < -0.3 is 14.4 Å². The standard InChI is InChI=1S/C30H36N4O3/c1-5-33(6-2)30(35)23(4)29-19-18-28(37-29)20-22(3)34-21-25(31-32-34)15-12-24-13-16-27(17-14-24)36-26-10-8-7-9-11-26/h7-11,13-14,16-17,21-23,28-29H,5-6,18-20H2,1-4H3/t22-,23-,28+,29-/m1/s1. The molecule has 37 heavy (non-hydrogen) atoms. The van der Waals surface area contributed by atoms with Crippen LogP contribution in [0.4, 0.5) is 0 Å². The Morgan fingerprint density at radius 1 is 1.05 bits per heavy atom. The van der Waals surface area contributed by atoms with E-state index < -0.39 is 0 Å². The zero-order chi connectivity index (χ0) is 26.2. The number of aromatic nitrogens is 3. The van der Waals surface area contributed by atoms with Gasteiger partial charge in [0, 0.05) is 18.7 Å². The van der Waals surface area contributed by atoms with E-state index in [1.165, 1.54) is 0 Å². The van der Waals surface area contributed by atoms with E-state index in [-0.39, 0.29) is 30.1 Å². The molecule has 1 aromatic heterocycles. The van der Waals surface area contributed by atoms with Gasteiger partial charge in [-0.3, -0.25) is 4.79 Å². The first-order valence-electron chi connectivity index (χ1n) is 13.2. The number of hydrogen-bond donors (Lipinski definition) is 0. The minimum Gasteiger partial charge on any atom is -0.457 e. The number of carbonyl (C=O) groups excluding carboxylic acids is 1. The molecule has 7 heteroatoms. The molecule has 2 heterocycles. The number of rotatable bonds is 9. The van der Waals surface area contributed by atoms with Gasteiger partial charge in [0.1, 0.15) is 11.5 Å². The Balaban J connectivity index is 1.29. The fourth-order valence-electron chi connectivity index (χ4n) is 4.66. The third kappa shape index (κ3) is 6.99. The van der Waals surface area contributed by atoms with Crippen LogP contribution in [0, 0.1) is 17.8 Å². The van der Waals surface area contributed by atoms with Crippen molar-refractivity contribution in [3.05, 3.63) is 72.1 Å². The summed E-state index contributed by atoms with van der Waals surface area (Å²) in [5.74, 6) is 7.87. The zero-order valence-electron chi connectivity index (χ0n) is 22.1. The quantitative estimate of drug-likeness (QED) is 0.364. The zero-order valence-corrected chi connectivity index (χ0v) is 22.1. The number of benzene rings is 2. The van der Waals surface area contributed by atoms with Gasteiger partial charge in [0.05, 0.1) is 30.4 Å². The van der Waals surface area contributed by atoms with Crippen LogP contribution in [0.2, 0.25) is 0 Å². The van der Waals surface area contributed by atoms with E-state index in [0.717, 1.165) is 49.4 Å². The first kappa shape index (κ1) is 26.4. The molecule has 1 aliphatic heterocycles. The van der Waals surface area contributed by atoms with Crippen molar-refractivity contribution in [1.29, 1.82) is 0 Å². The number of hydrogen-bond acceptors (Lipinski definition) is 5. The molecule has 0 unspecified atom stereocenters. The van der Waals surface area contributed by atoms with Crippen LogP contribution >= 0.6 is 0 Å². The first-order chi connectivity index (χ1) is 18.0. The third-order valence-corrected chi connectivity index (χ3v) is 6.90. The maximum Gasteiger partial charge on any atom is 0.228 e. The van der Waals surface area contributed by atoms with Crippen LogP contribution in [0.1, 0.15) is 64.3 Å². The highest BCUT2D eigenvalue weighted by Gasteiger charge is 2.35. The summed E-state index contributed by atoms with van der Waals surface area (Å²) in [5, 5.41) is 8.52. The summed E-state index contributed by atoms with van der Waals surface area (Å²) in [6.45, 7) is 9.60. The topological polar surface area (TPSA) is 69.5 Å². The molecule has 0 spiro atoms. The van der Waals surface area contributed by atoms with Crippen molar-refractivity contribution < 1.29 is 14.3 Å². The second-order valence-electron chi connectivity index (χ2n) is 9.53. The maximum absolute atomic E-state index is 12.7. The van der Waals surface area contributed by atoms with Crippen molar-refractivity contribution in [1.82, 2.24) is 19.9 Å². The number of amides is 1. The molecule has 0 bridgehead atoms. The van der Waals surface area contributed by atoms with Gasteiger partial charge in [-0.25, -0.2) is 4.68 Å². The molecule has 1 saturated heterocycles. The number of carbonyl (C=O) groups is 1. The van der Waals surface area contributed by atoms with Crippen LogP contribution in [0.25, 0.3) is 0 Å². The monoisotopic (exact) mass is 500 g/mol. The van der Waals surface area contributed by atoms with Gasteiger partial charge in [-0.2, -0.15) is 0 Å². The summed E-state index contributed by atoms with van der Waals surface area (Å²) in [6, 6.07) is 17.5. The highest BCUT2D eigenvalue weighted by atomic mass is 16.5. The van der Waals surface area contributed by atoms with Gasteiger partial charge in [0.15, 0.2) is 5.69 Å². The van der Waals surface area contributed by atoms with Gasteiger partial charge in [0.2, 0.25) is 5.91 Å². The molecule has 2 aromatic carbocycles. The fourth-order valence-corrected chi connectivity index (χ4v) is 4.66. The SMILES string of the molecule is CCN(CC)C(=O)[C@H](C)[C@H]1CC[C@@H](C[C@@H](C)n2cc(C#Cc3ccc(Oc4ccccc4)cc3)nn2)O1. The molecular formula is C30H36N4O3. The summed E-state index contributed by atoms with van der Waals surface area (Å²) in [7, 11) is 0. The van der Waals surface area contributed by atoms with Crippen LogP contribution < -0.4 is 4.74 Å². The van der Waals surface area contributed by atoms with Gasteiger partial charge >= 0.3 is 0 Å². The average Bonchev–Trinajstić information content (AvgIpc) is 3.59. The Morgan fingerprint density at radius 3 is 2.46 bits per heavy atom. The highest BCUT2D eigenvalue weighted by Crippen LogP contribution is 2.31. The first-order valence-corrected chi connectivity index (χ1v) is 13.2. The van der Waals surface area contributed by atoms with Crippen molar-refractivity contribution in [2.75, 3.05) is 13.1 Å².